The Hall–Kier alpha value is -1.54. The standard InChI is InChI=1S/C13H15NO/c1-3-5-11-6-4-7-12(10(11)2)13-8-9-14-15-13/h3-8,14H,9H2,1-2H3. The summed E-state index contributed by atoms with van der Waals surface area (Å²) in [4.78, 5) is 5.34. The molecule has 1 aromatic rings. The van der Waals surface area contributed by atoms with E-state index in [1.54, 1.807) is 0 Å². The van der Waals surface area contributed by atoms with E-state index < -0.39 is 0 Å². The molecule has 1 aromatic carbocycles. The van der Waals surface area contributed by atoms with Crippen LogP contribution in [-0.2, 0) is 4.84 Å². The Morgan fingerprint density at radius 3 is 2.93 bits per heavy atom. The molecule has 1 aliphatic rings. The van der Waals surface area contributed by atoms with Gasteiger partial charge >= 0.3 is 0 Å². The Kier molecular flexibility index (Phi) is 2.88. The van der Waals surface area contributed by atoms with Crippen molar-refractivity contribution < 1.29 is 4.84 Å². The Labute approximate surface area is 90.2 Å². The molecule has 2 rings (SSSR count). The fourth-order valence-electron chi connectivity index (χ4n) is 1.74. The summed E-state index contributed by atoms with van der Waals surface area (Å²) in [5.41, 5.74) is 6.50. The van der Waals surface area contributed by atoms with Gasteiger partial charge in [0.15, 0.2) is 5.76 Å². The van der Waals surface area contributed by atoms with Crippen LogP contribution in [0.5, 0.6) is 0 Å². The number of hydroxylamine groups is 1. The molecule has 15 heavy (non-hydrogen) atoms. The minimum Gasteiger partial charge on any atom is -0.408 e. The van der Waals surface area contributed by atoms with Gasteiger partial charge in [-0.15, -0.1) is 0 Å². The van der Waals surface area contributed by atoms with Gasteiger partial charge in [0.05, 0.1) is 6.54 Å². The fourth-order valence-corrected chi connectivity index (χ4v) is 1.74. The first kappa shape index (κ1) is 9.99. The van der Waals surface area contributed by atoms with E-state index in [9.17, 15) is 0 Å². The lowest BCUT2D eigenvalue weighted by Crippen LogP contribution is -2.05. The fraction of sp³-hybridized carbons (Fsp3) is 0.231. The van der Waals surface area contributed by atoms with E-state index in [1.807, 2.05) is 13.0 Å². The van der Waals surface area contributed by atoms with Crippen molar-refractivity contribution in [1.82, 2.24) is 5.48 Å². The smallest absolute Gasteiger partial charge is 0.152 e. The summed E-state index contributed by atoms with van der Waals surface area (Å²) < 4.78 is 0. The van der Waals surface area contributed by atoms with Crippen molar-refractivity contribution in [3.8, 4) is 0 Å². The Balaban J connectivity index is 2.43. The van der Waals surface area contributed by atoms with Crippen molar-refractivity contribution in [3.63, 3.8) is 0 Å². The van der Waals surface area contributed by atoms with Crippen LogP contribution in [0.4, 0.5) is 0 Å². The minimum absolute atomic E-state index is 0.780. The maximum atomic E-state index is 5.34. The molecule has 1 N–H and O–H groups in total. The lowest BCUT2D eigenvalue weighted by molar-refractivity contribution is 0.191. The highest BCUT2D eigenvalue weighted by Crippen LogP contribution is 2.24. The lowest BCUT2D eigenvalue weighted by atomic mass is 10.0. The zero-order valence-corrected chi connectivity index (χ0v) is 9.08. The number of rotatable bonds is 2. The molecule has 0 aliphatic carbocycles. The van der Waals surface area contributed by atoms with E-state index in [-0.39, 0.29) is 0 Å². The van der Waals surface area contributed by atoms with Crippen LogP contribution >= 0.6 is 0 Å². The second kappa shape index (κ2) is 4.32. The van der Waals surface area contributed by atoms with Crippen molar-refractivity contribution in [2.24, 2.45) is 0 Å². The van der Waals surface area contributed by atoms with Crippen LogP contribution in [0.15, 0.2) is 30.4 Å². The molecular formula is C13H15NO. The van der Waals surface area contributed by atoms with E-state index in [0.717, 1.165) is 17.9 Å². The van der Waals surface area contributed by atoms with E-state index >= 15 is 0 Å². The maximum Gasteiger partial charge on any atom is 0.152 e. The monoisotopic (exact) mass is 201 g/mol. The molecule has 0 aromatic heterocycles. The predicted octanol–water partition coefficient (Wildman–Crippen LogP) is 2.90. The van der Waals surface area contributed by atoms with Crippen molar-refractivity contribution in [2.45, 2.75) is 13.8 Å². The van der Waals surface area contributed by atoms with Gasteiger partial charge in [0.25, 0.3) is 0 Å². The van der Waals surface area contributed by atoms with Gasteiger partial charge < -0.3 is 4.84 Å². The molecular weight excluding hydrogens is 186 g/mol. The summed E-state index contributed by atoms with van der Waals surface area (Å²) in [6.45, 7) is 4.93. The number of nitrogens with one attached hydrogen (secondary N) is 1. The van der Waals surface area contributed by atoms with Crippen molar-refractivity contribution in [3.05, 3.63) is 47.0 Å². The Morgan fingerprint density at radius 1 is 1.40 bits per heavy atom. The summed E-state index contributed by atoms with van der Waals surface area (Å²) in [5, 5.41) is 0. The minimum atomic E-state index is 0.780. The molecule has 78 valence electrons. The average Bonchev–Trinajstić information content (AvgIpc) is 2.74. The number of hydrogen-bond donors (Lipinski definition) is 1. The zero-order chi connectivity index (χ0) is 10.7. The van der Waals surface area contributed by atoms with Gasteiger partial charge in [-0.05, 0) is 31.1 Å². The first-order valence-electron chi connectivity index (χ1n) is 5.15. The highest BCUT2D eigenvalue weighted by molar-refractivity contribution is 5.69. The van der Waals surface area contributed by atoms with Crippen LogP contribution in [0, 0.1) is 6.92 Å². The predicted molar refractivity (Wildman–Crippen MR) is 63.0 cm³/mol. The highest BCUT2D eigenvalue weighted by atomic mass is 16.7. The van der Waals surface area contributed by atoms with Gasteiger partial charge in [0.1, 0.15) is 0 Å². The van der Waals surface area contributed by atoms with Crippen LogP contribution in [0.2, 0.25) is 0 Å². The van der Waals surface area contributed by atoms with E-state index in [4.69, 9.17) is 4.84 Å². The molecule has 0 atom stereocenters. The molecule has 1 aliphatic heterocycles. The average molecular weight is 201 g/mol. The highest BCUT2D eigenvalue weighted by Gasteiger charge is 2.11. The first-order valence-corrected chi connectivity index (χ1v) is 5.15. The summed E-state index contributed by atoms with van der Waals surface area (Å²) in [5.74, 6) is 0.929. The van der Waals surface area contributed by atoms with Crippen LogP contribution in [0.3, 0.4) is 0 Å². The normalized spacial score (nSPS) is 15.5. The summed E-state index contributed by atoms with van der Waals surface area (Å²) in [6.07, 6.45) is 6.22. The number of benzene rings is 1. The van der Waals surface area contributed by atoms with Crippen LogP contribution < -0.4 is 5.48 Å². The van der Waals surface area contributed by atoms with Gasteiger partial charge in [-0.1, -0.05) is 30.4 Å². The van der Waals surface area contributed by atoms with Gasteiger partial charge in [-0.25, -0.2) is 0 Å². The van der Waals surface area contributed by atoms with Crippen LogP contribution in [0.25, 0.3) is 11.8 Å². The van der Waals surface area contributed by atoms with Crippen molar-refractivity contribution in [2.75, 3.05) is 6.54 Å². The second-order valence-electron chi connectivity index (χ2n) is 3.54. The number of allylic oxidation sites excluding steroid dienone is 1. The largest absolute Gasteiger partial charge is 0.408 e. The molecule has 2 heteroatoms. The molecule has 1 heterocycles. The third-order valence-corrected chi connectivity index (χ3v) is 2.54. The SMILES string of the molecule is CC=Cc1cccc(C2=CCNO2)c1C. The third kappa shape index (κ3) is 1.95. The second-order valence-corrected chi connectivity index (χ2v) is 3.54. The van der Waals surface area contributed by atoms with Crippen molar-refractivity contribution >= 4 is 11.8 Å². The molecule has 0 fully saturated rings. The molecule has 0 saturated heterocycles. The van der Waals surface area contributed by atoms with Crippen LogP contribution in [0.1, 0.15) is 23.6 Å². The molecule has 0 radical (unpaired) electrons. The maximum absolute atomic E-state index is 5.34. The first-order chi connectivity index (χ1) is 7.33. The molecule has 0 bridgehead atoms. The van der Waals surface area contributed by atoms with Gasteiger partial charge in [0.2, 0.25) is 0 Å². The molecule has 0 spiro atoms. The lowest BCUT2D eigenvalue weighted by Gasteiger charge is -2.09. The van der Waals surface area contributed by atoms with E-state index in [1.165, 1.54) is 11.1 Å². The van der Waals surface area contributed by atoms with Crippen molar-refractivity contribution in [1.29, 1.82) is 0 Å². The molecule has 2 nitrogen and oxygen atoms in total. The molecule has 0 amide bonds. The van der Waals surface area contributed by atoms with Gasteiger partial charge in [-0.2, -0.15) is 5.48 Å². The molecule has 0 saturated carbocycles. The Morgan fingerprint density at radius 2 is 2.27 bits per heavy atom. The van der Waals surface area contributed by atoms with Gasteiger partial charge in [0, 0.05) is 5.56 Å². The number of hydrogen-bond acceptors (Lipinski definition) is 2. The topological polar surface area (TPSA) is 21.3 Å². The summed E-state index contributed by atoms with van der Waals surface area (Å²) in [7, 11) is 0. The summed E-state index contributed by atoms with van der Waals surface area (Å²) in [6, 6.07) is 6.25. The Bertz CT molecular complexity index is 419. The van der Waals surface area contributed by atoms with E-state index in [2.05, 4.69) is 42.8 Å². The third-order valence-electron chi connectivity index (χ3n) is 2.54. The van der Waals surface area contributed by atoms with E-state index in [0.29, 0.717) is 0 Å². The molecule has 0 unspecified atom stereocenters. The summed E-state index contributed by atoms with van der Waals surface area (Å²) >= 11 is 0. The van der Waals surface area contributed by atoms with Gasteiger partial charge in [-0.3, -0.25) is 0 Å². The zero-order valence-electron chi connectivity index (χ0n) is 9.08. The quantitative estimate of drug-likeness (QED) is 0.794. The van der Waals surface area contributed by atoms with Crippen LogP contribution in [-0.4, -0.2) is 6.54 Å².